The summed E-state index contributed by atoms with van der Waals surface area (Å²) >= 11 is 0. The highest BCUT2D eigenvalue weighted by Crippen LogP contribution is 2.34. The Morgan fingerprint density at radius 2 is 2.08 bits per heavy atom. The molecule has 24 heavy (non-hydrogen) atoms. The van der Waals surface area contributed by atoms with Crippen LogP contribution in [0.4, 0.5) is 0 Å². The molecule has 8 heteroatoms. The van der Waals surface area contributed by atoms with Crippen LogP contribution in [0, 0.1) is 0 Å². The van der Waals surface area contributed by atoms with Gasteiger partial charge in [0.15, 0.2) is 0 Å². The van der Waals surface area contributed by atoms with E-state index in [1.165, 1.54) is 11.2 Å². The zero-order valence-corrected chi connectivity index (χ0v) is 15.3. The number of carbonyl (C=O) groups excluding carboxylic acids is 1. The normalized spacial score (nSPS) is 18.9. The van der Waals surface area contributed by atoms with Crippen molar-refractivity contribution in [3.8, 4) is 0 Å². The maximum atomic E-state index is 12.8. The summed E-state index contributed by atoms with van der Waals surface area (Å²) in [7, 11) is -3.48. The lowest BCUT2D eigenvalue weighted by Gasteiger charge is -2.29. The number of rotatable bonds is 7. The van der Waals surface area contributed by atoms with Gasteiger partial charge in [0.05, 0.1) is 24.0 Å². The minimum atomic E-state index is -3.48. The van der Waals surface area contributed by atoms with Crippen LogP contribution in [0.3, 0.4) is 0 Å². The van der Waals surface area contributed by atoms with Gasteiger partial charge >= 0.3 is 0 Å². The summed E-state index contributed by atoms with van der Waals surface area (Å²) in [6, 6.07) is 5.31. The molecule has 1 aliphatic heterocycles. The van der Waals surface area contributed by atoms with E-state index in [0.29, 0.717) is 26.2 Å². The van der Waals surface area contributed by atoms with Gasteiger partial charge in [0.2, 0.25) is 5.91 Å². The van der Waals surface area contributed by atoms with Gasteiger partial charge in [-0.25, -0.2) is 0 Å². The molecule has 1 atom stereocenters. The van der Waals surface area contributed by atoms with Gasteiger partial charge in [-0.05, 0) is 25.0 Å². The fraction of sp³-hybridized carbons (Fsp3) is 0.625. The fourth-order valence-electron chi connectivity index (χ4n) is 3.01. The lowest BCUT2D eigenvalue weighted by Crippen LogP contribution is -2.43. The molecule has 134 valence electrons. The second-order valence-corrected chi connectivity index (χ2v) is 7.71. The molecule has 0 saturated carbocycles. The van der Waals surface area contributed by atoms with Crippen LogP contribution in [0.15, 0.2) is 18.2 Å². The number of pyridine rings is 1. The topological polar surface area (TPSA) is 82.6 Å². The fourth-order valence-corrected chi connectivity index (χ4v) is 4.85. The van der Waals surface area contributed by atoms with Crippen molar-refractivity contribution in [3.05, 3.63) is 29.6 Å². The Balaban J connectivity index is 2.24. The zero-order valence-electron chi connectivity index (χ0n) is 14.5. The SMILES string of the molecule is CCN(CC)S(=O)(=O)N1CCC[C@@H]1c1cccc(CNC(C)=O)n1. The minimum Gasteiger partial charge on any atom is -0.351 e. The molecule has 0 bridgehead atoms. The number of nitrogens with one attached hydrogen (secondary N) is 1. The number of amides is 1. The first-order valence-electron chi connectivity index (χ1n) is 8.37. The predicted molar refractivity (Wildman–Crippen MR) is 92.3 cm³/mol. The Hall–Kier alpha value is -1.51. The Morgan fingerprint density at radius 3 is 2.71 bits per heavy atom. The number of aromatic nitrogens is 1. The van der Waals surface area contributed by atoms with Gasteiger partial charge < -0.3 is 5.32 Å². The molecule has 1 aromatic heterocycles. The van der Waals surface area contributed by atoms with Gasteiger partial charge in [-0.15, -0.1) is 0 Å². The molecule has 1 saturated heterocycles. The summed E-state index contributed by atoms with van der Waals surface area (Å²) in [5.74, 6) is -0.117. The van der Waals surface area contributed by atoms with E-state index in [0.717, 1.165) is 24.2 Å². The molecule has 0 unspecified atom stereocenters. The van der Waals surface area contributed by atoms with E-state index in [2.05, 4.69) is 10.3 Å². The Labute approximate surface area is 144 Å². The minimum absolute atomic E-state index is 0.117. The van der Waals surface area contributed by atoms with E-state index in [9.17, 15) is 13.2 Å². The third kappa shape index (κ3) is 4.12. The smallest absolute Gasteiger partial charge is 0.282 e. The molecule has 0 spiro atoms. The van der Waals surface area contributed by atoms with Crippen molar-refractivity contribution in [1.82, 2.24) is 18.9 Å². The molecule has 2 heterocycles. The van der Waals surface area contributed by atoms with Crippen molar-refractivity contribution in [3.63, 3.8) is 0 Å². The van der Waals surface area contributed by atoms with E-state index in [-0.39, 0.29) is 11.9 Å². The monoisotopic (exact) mass is 354 g/mol. The summed E-state index contributed by atoms with van der Waals surface area (Å²) in [6.45, 7) is 6.92. The maximum absolute atomic E-state index is 12.8. The third-order valence-electron chi connectivity index (χ3n) is 4.22. The molecule has 1 aromatic rings. The molecule has 1 fully saturated rings. The van der Waals surface area contributed by atoms with E-state index in [1.807, 2.05) is 32.0 Å². The third-order valence-corrected chi connectivity index (χ3v) is 6.42. The van der Waals surface area contributed by atoms with E-state index < -0.39 is 10.2 Å². The average molecular weight is 354 g/mol. The van der Waals surface area contributed by atoms with Crippen LogP contribution in [0.5, 0.6) is 0 Å². The second kappa shape index (κ2) is 8.04. The van der Waals surface area contributed by atoms with Gasteiger partial charge in [0, 0.05) is 26.6 Å². The zero-order chi connectivity index (χ0) is 17.7. The van der Waals surface area contributed by atoms with Crippen molar-refractivity contribution >= 4 is 16.1 Å². The van der Waals surface area contributed by atoms with E-state index in [1.54, 1.807) is 4.31 Å². The van der Waals surface area contributed by atoms with Crippen LogP contribution in [0.1, 0.15) is 51.0 Å². The average Bonchev–Trinajstić information content (AvgIpc) is 3.04. The van der Waals surface area contributed by atoms with E-state index in [4.69, 9.17) is 0 Å². The molecule has 7 nitrogen and oxygen atoms in total. The molecule has 1 aliphatic rings. The second-order valence-electron chi connectivity index (χ2n) is 5.82. The van der Waals surface area contributed by atoms with Crippen molar-refractivity contribution in [2.75, 3.05) is 19.6 Å². The van der Waals surface area contributed by atoms with Gasteiger partial charge in [-0.3, -0.25) is 9.78 Å². The number of nitrogens with zero attached hydrogens (tertiary/aromatic N) is 3. The molecule has 0 radical (unpaired) electrons. The van der Waals surface area contributed by atoms with E-state index >= 15 is 0 Å². The van der Waals surface area contributed by atoms with Crippen LogP contribution < -0.4 is 5.32 Å². The van der Waals surface area contributed by atoms with Crippen molar-refractivity contribution in [2.45, 2.75) is 46.2 Å². The largest absolute Gasteiger partial charge is 0.351 e. The van der Waals surface area contributed by atoms with Crippen molar-refractivity contribution in [1.29, 1.82) is 0 Å². The highest BCUT2D eigenvalue weighted by Gasteiger charge is 2.38. The van der Waals surface area contributed by atoms with Crippen LogP contribution in [-0.2, 0) is 21.5 Å². The van der Waals surface area contributed by atoms with Crippen LogP contribution in [0.2, 0.25) is 0 Å². The first-order chi connectivity index (χ1) is 11.4. The standard InChI is InChI=1S/C16H26N4O3S/c1-4-19(5-2)24(22,23)20-11-7-10-16(20)15-9-6-8-14(18-15)12-17-13(3)21/h6,8-9,16H,4-5,7,10-12H2,1-3H3,(H,17,21)/t16-/m1/s1. The quantitative estimate of drug-likeness (QED) is 0.803. The number of hydrogen-bond donors (Lipinski definition) is 1. The lowest BCUT2D eigenvalue weighted by atomic mass is 10.1. The Bertz CT molecular complexity index is 674. The molecular formula is C16H26N4O3S. The number of carbonyl (C=O) groups is 1. The molecule has 1 N–H and O–H groups in total. The lowest BCUT2D eigenvalue weighted by molar-refractivity contribution is -0.119. The highest BCUT2D eigenvalue weighted by atomic mass is 32.2. The van der Waals surface area contributed by atoms with Crippen molar-refractivity contribution in [2.24, 2.45) is 0 Å². The summed E-state index contributed by atoms with van der Waals surface area (Å²) in [4.78, 5) is 15.6. The summed E-state index contributed by atoms with van der Waals surface area (Å²) in [6.07, 6.45) is 1.58. The maximum Gasteiger partial charge on any atom is 0.282 e. The molecule has 1 amide bonds. The molecule has 0 aliphatic carbocycles. The first-order valence-corrected chi connectivity index (χ1v) is 9.77. The highest BCUT2D eigenvalue weighted by molar-refractivity contribution is 7.86. The van der Waals surface area contributed by atoms with Crippen molar-refractivity contribution < 1.29 is 13.2 Å². The van der Waals surface area contributed by atoms with Gasteiger partial charge in [0.1, 0.15) is 0 Å². The summed E-state index contributed by atoms with van der Waals surface area (Å²) < 4.78 is 28.7. The van der Waals surface area contributed by atoms with Gasteiger partial charge in [-0.1, -0.05) is 19.9 Å². The van der Waals surface area contributed by atoms with Crippen LogP contribution in [-0.4, -0.2) is 47.6 Å². The first kappa shape index (κ1) is 18.8. The summed E-state index contributed by atoms with van der Waals surface area (Å²) in [5, 5.41) is 2.72. The predicted octanol–water partition coefficient (Wildman–Crippen LogP) is 1.44. The molecular weight excluding hydrogens is 328 g/mol. The number of hydrogen-bond acceptors (Lipinski definition) is 4. The Kier molecular flexibility index (Phi) is 6.31. The van der Waals surface area contributed by atoms with Crippen LogP contribution >= 0.6 is 0 Å². The van der Waals surface area contributed by atoms with Gasteiger partial charge in [-0.2, -0.15) is 17.0 Å². The summed E-state index contributed by atoms with van der Waals surface area (Å²) in [5.41, 5.74) is 1.47. The van der Waals surface area contributed by atoms with Gasteiger partial charge in [0.25, 0.3) is 10.2 Å². The van der Waals surface area contributed by atoms with Crippen LogP contribution in [0.25, 0.3) is 0 Å². The molecule has 0 aromatic carbocycles. The Morgan fingerprint density at radius 1 is 1.38 bits per heavy atom. The molecule has 2 rings (SSSR count).